The first kappa shape index (κ1) is 10.1. The maximum absolute atomic E-state index is 5.75. The fourth-order valence-electron chi connectivity index (χ4n) is 1.35. The van der Waals surface area contributed by atoms with E-state index >= 15 is 0 Å². The molecule has 0 aromatic carbocycles. The maximum Gasteiger partial charge on any atom is 0.138 e. The molecule has 0 saturated carbocycles. The van der Waals surface area contributed by atoms with E-state index in [1.54, 1.807) is 18.3 Å². The van der Waals surface area contributed by atoms with Crippen molar-refractivity contribution in [2.45, 2.75) is 13.5 Å². The predicted octanol–water partition coefficient (Wildman–Crippen LogP) is 2.16. The number of nitrogens with two attached hydrogens (primary N) is 1. The van der Waals surface area contributed by atoms with Crippen LogP contribution in [-0.4, -0.2) is 10.1 Å². The third kappa shape index (κ3) is 1.86. The fraction of sp³-hybridized carbons (Fsp3) is 0.200. The normalized spacial score (nSPS) is 10.6. The van der Waals surface area contributed by atoms with Crippen molar-refractivity contribution in [3.8, 4) is 11.4 Å². The van der Waals surface area contributed by atoms with Gasteiger partial charge in [0.2, 0.25) is 0 Å². The summed E-state index contributed by atoms with van der Waals surface area (Å²) in [6, 6.07) is 3.55. The van der Waals surface area contributed by atoms with E-state index in [9.17, 15) is 0 Å². The van der Waals surface area contributed by atoms with Crippen molar-refractivity contribution in [2.75, 3.05) is 0 Å². The molecule has 2 aromatic rings. The highest BCUT2D eigenvalue weighted by Gasteiger charge is 2.13. The van der Waals surface area contributed by atoms with E-state index in [2.05, 4.69) is 10.1 Å². The molecule has 0 bridgehead atoms. The predicted molar refractivity (Wildman–Crippen MR) is 57.4 cm³/mol. The van der Waals surface area contributed by atoms with Crippen LogP contribution in [0.25, 0.3) is 11.4 Å². The lowest BCUT2D eigenvalue weighted by Gasteiger charge is -1.98. The first-order valence-corrected chi connectivity index (χ1v) is 4.87. The summed E-state index contributed by atoms with van der Waals surface area (Å²) in [4.78, 5) is 4.16. The maximum atomic E-state index is 5.75. The number of nitrogens with zero attached hydrogens (tertiary/aromatic N) is 2. The lowest BCUT2D eigenvalue weighted by Crippen LogP contribution is -1.99. The van der Waals surface area contributed by atoms with Crippen molar-refractivity contribution in [1.82, 2.24) is 10.1 Å². The molecular formula is C10H10ClN3O. The number of aromatic nitrogens is 2. The summed E-state index contributed by atoms with van der Waals surface area (Å²) in [7, 11) is 0. The Balaban J connectivity index is 2.49. The van der Waals surface area contributed by atoms with Gasteiger partial charge in [-0.05, 0) is 19.1 Å². The quantitative estimate of drug-likeness (QED) is 0.847. The Bertz CT molecular complexity index is 464. The van der Waals surface area contributed by atoms with Gasteiger partial charge in [-0.25, -0.2) is 0 Å². The summed E-state index contributed by atoms with van der Waals surface area (Å²) in [5.74, 6) is 0.726. The first-order chi connectivity index (χ1) is 7.22. The monoisotopic (exact) mass is 223 g/mol. The van der Waals surface area contributed by atoms with Gasteiger partial charge in [0.05, 0.1) is 10.7 Å². The molecule has 0 saturated heterocycles. The van der Waals surface area contributed by atoms with E-state index in [-0.39, 0.29) is 0 Å². The van der Waals surface area contributed by atoms with Gasteiger partial charge in [0.15, 0.2) is 0 Å². The van der Waals surface area contributed by atoms with Crippen LogP contribution < -0.4 is 5.73 Å². The molecule has 0 fully saturated rings. The Kier molecular flexibility index (Phi) is 2.70. The molecule has 5 heteroatoms. The largest absolute Gasteiger partial charge is 0.361 e. The molecule has 4 nitrogen and oxygen atoms in total. The Hall–Kier alpha value is -1.39. The zero-order valence-electron chi connectivity index (χ0n) is 8.20. The molecular weight excluding hydrogens is 214 g/mol. The van der Waals surface area contributed by atoms with Crippen molar-refractivity contribution in [3.05, 3.63) is 34.7 Å². The highest BCUT2D eigenvalue weighted by Crippen LogP contribution is 2.23. The summed E-state index contributed by atoms with van der Waals surface area (Å²) < 4.78 is 5.07. The van der Waals surface area contributed by atoms with Crippen molar-refractivity contribution in [1.29, 1.82) is 0 Å². The van der Waals surface area contributed by atoms with Crippen LogP contribution in [0, 0.1) is 6.92 Å². The van der Waals surface area contributed by atoms with E-state index < -0.39 is 0 Å². The molecule has 0 aliphatic carbocycles. The number of rotatable bonds is 2. The molecule has 2 aromatic heterocycles. The van der Waals surface area contributed by atoms with Crippen LogP contribution in [0.2, 0.25) is 5.02 Å². The Labute approximate surface area is 92.0 Å². The summed E-state index contributed by atoms with van der Waals surface area (Å²) in [6.45, 7) is 2.21. The minimum atomic E-state index is 0.384. The van der Waals surface area contributed by atoms with Gasteiger partial charge in [0.1, 0.15) is 11.5 Å². The van der Waals surface area contributed by atoms with Gasteiger partial charge in [-0.15, -0.1) is 0 Å². The van der Waals surface area contributed by atoms with Crippen molar-refractivity contribution in [3.63, 3.8) is 0 Å². The van der Waals surface area contributed by atoms with Crippen LogP contribution in [0.4, 0.5) is 0 Å². The van der Waals surface area contributed by atoms with E-state index in [1.165, 1.54) is 0 Å². The summed E-state index contributed by atoms with van der Waals surface area (Å²) in [5, 5.41) is 4.52. The number of hydrogen-bond acceptors (Lipinski definition) is 4. The molecule has 2 rings (SSSR count). The molecule has 15 heavy (non-hydrogen) atoms. The zero-order chi connectivity index (χ0) is 10.8. The summed E-state index contributed by atoms with van der Waals surface area (Å²) in [6.07, 6.45) is 1.57. The standard InChI is InChI=1S/C10H10ClN3O/c1-6-8(4-12)10(14-15-6)9-3-2-7(11)5-13-9/h2-3,5H,4,12H2,1H3. The zero-order valence-corrected chi connectivity index (χ0v) is 8.95. The molecule has 0 amide bonds. The van der Waals surface area contributed by atoms with Gasteiger partial charge in [-0.1, -0.05) is 16.8 Å². The highest BCUT2D eigenvalue weighted by molar-refractivity contribution is 6.30. The molecule has 0 aliphatic rings. The molecule has 0 spiro atoms. The average Bonchev–Trinajstić information content (AvgIpc) is 2.61. The number of pyridine rings is 1. The second-order valence-corrected chi connectivity index (χ2v) is 3.57. The fourth-order valence-corrected chi connectivity index (χ4v) is 1.46. The minimum absolute atomic E-state index is 0.384. The van der Waals surface area contributed by atoms with Crippen molar-refractivity contribution >= 4 is 11.6 Å². The lowest BCUT2D eigenvalue weighted by atomic mass is 10.1. The Morgan fingerprint density at radius 3 is 2.87 bits per heavy atom. The van der Waals surface area contributed by atoms with Gasteiger partial charge in [-0.2, -0.15) is 0 Å². The topological polar surface area (TPSA) is 64.9 Å². The van der Waals surface area contributed by atoms with Crippen LogP contribution >= 0.6 is 11.6 Å². The highest BCUT2D eigenvalue weighted by atomic mass is 35.5. The van der Waals surface area contributed by atoms with Crippen LogP contribution in [-0.2, 0) is 6.54 Å². The average molecular weight is 224 g/mol. The molecule has 2 heterocycles. The Morgan fingerprint density at radius 2 is 2.27 bits per heavy atom. The van der Waals surface area contributed by atoms with Gasteiger partial charge in [0.25, 0.3) is 0 Å². The number of halogens is 1. The molecule has 2 N–H and O–H groups in total. The number of aryl methyl sites for hydroxylation is 1. The molecule has 0 unspecified atom stereocenters. The third-order valence-electron chi connectivity index (χ3n) is 2.16. The van der Waals surface area contributed by atoms with Gasteiger partial charge in [0, 0.05) is 18.3 Å². The van der Waals surface area contributed by atoms with Crippen molar-refractivity contribution in [2.24, 2.45) is 5.73 Å². The number of hydrogen-bond donors (Lipinski definition) is 1. The molecule has 0 aliphatic heterocycles. The van der Waals surface area contributed by atoms with Gasteiger partial charge in [-0.3, -0.25) is 4.98 Å². The van der Waals surface area contributed by atoms with E-state index in [1.807, 2.05) is 6.92 Å². The molecule has 0 atom stereocenters. The van der Waals surface area contributed by atoms with Crippen LogP contribution in [0.5, 0.6) is 0 Å². The minimum Gasteiger partial charge on any atom is -0.361 e. The third-order valence-corrected chi connectivity index (χ3v) is 2.38. The first-order valence-electron chi connectivity index (χ1n) is 4.49. The molecule has 78 valence electrons. The van der Waals surface area contributed by atoms with Crippen LogP contribution in [0.1, 0.15) is 11.3 Å². The summed E-state index contributed by atoms with van der Waals surface area (Å²) >= 11 is 5.75. The second-order valence-electron chi connectivity index (χ2n) is 3.13. The van der Waals surface area contributed by atoms with E-state index in [4.69, 9.17) is 21.9 Å². The smallest absolute Gasteiger partial charge is 0.138 e. The summed E-state index contributed by atoms with van der Waals surface area (Å²) in [5.41, 5.74) is 7.89. The van der Waals surface area contributed by atoms with Crippen LogP contribution in [0.3, 0.4) is 0 Å². The van der Waals surface area contributed by atoms with Gasteiger partial charge < -0.3 is 10.3 Å². The van der Waals surface area contributed by atoms with E-state index in [0.29, 0.717) is 17.3 Å². The Morgan fingerprint density at radius 1 is 1.47 bits per heavy atom. The van der Waals surface area contributed by atoms with E-state index in [0.717, 1.165) is 17.0 Å². The lowest BCUT2D eigenvalue weighted by molar-refractivity contribution is 0.398. The van der Waals surface area contributed by atoms with Gasteiger partial charge >= 0.3 is 0 Å². The van der Waals surface area contributed by atoms with Crippen molar-refractivity contribution < 1.29 is 4.52 Å². The van der Waals surface area contributed by atoms with Crippen LogP contribution in [0.15, 0.2) is 22.9 Å². The molecule has 0 radical (unpaired) electrons. The SMILES string of the molecule is Cc1onc(-c2ccc(Cl)cn2)c1CN. The second kappa shape index (κ2) is 4.00.